The molecule has 0 aromatic heterocycles. The molecule has 0 aliphatic rings. The third-order valence-corrected chi connectivity index (χ3v) is 3.12. The summed E-state index contributed by atoms with van der Waals surface area (Å²) in [5, 5.41) is 0. The van der Waals surface area contributed by atoms with Gasteiger partial charge in [-0.15, -0.1) is 0 Å². The lowest BCUT2D eigenvalue weighted by Gasteiger charge is -2.05. The van der Waals surface area contributed by atoms with Gasteiger partial charge in [-0.2, -0.15) is 0 Å². The van der Waals surface area contributed by atoms with E-state index >= 15 is 0 Å². The van der Waals surface area contributed by atoms with Crippen LogP contribution in [-0.2, 0) is 6.42 Å². The van der Waals surface area contributed by atoms with E-state index in [0.29, 0.717) is 5.84 Å². The van der Waals surface area contributed by atoms with Crippen molar-refractivity contribution in [2.45, 2.75) is 13.3 Å². The van der Waals surface area contributed by atoms with E-state index < -0.39 is 0 Å². The minimum atomic E-state index is 0.572. The van der Waals surface area contributed by atoms with Crippen LogP contribution < -0.4 is 5.73 Å². The Morgan fingerprint density at radius 3 is 1.89 bits per heavy atom. The second-order valence-electron chi connectivity index (χ2n) is 4.24. The molecule has 0 atom stereocenters. The van der Waals surface area contributed by atoms with Gasteiger partial charge < -0.3 is 5.73 Å². The number of rotatable bonds is 3. The van der Waals surface area contributed by atoms with Crippen molar-refractivity contribution in [3.05, 3.63) is 59.7 Å². The Hall–Kier alpha value is -2.09. The van der Waals surface area contributed by atoms with Gasteiger partial charge in [0.1, 0.15) is 5.84 Å². The van der Waals surface area contributed by atoms with Gasteiger partial charge in [0.15, 0.2) is 0 Å². The van der Waals surface area contributed by atoms with Gasteiger partial charge in [0.2, 0.25) is 0 Å². The second kappa shape index (κ2) is 5.50. The summed E-state index contributed by atoms with van der Waals surface area (Å²) >= 11 is 0. The first-order valence-corrected chi connectivity index (χ1v) is 6.16. The van der Waals surface area contributed by atoms with Crippen LogP contribution in [0.25, 0.3) is 11.1 Å². The average molecular weight is 238 g/mol. The number of nitrogens with two attached hydrogens (primary N) is 1. The van der Waals surface area contributed by atoms with E-state index in [1.54, 1.807) is 7.05 Å². The Labute approximate surface area is 108 Å². The predicted molar refractivity (Wildman–Crippen MR) is 77.9 cm³/mol. The highest BCUT2D eigenvalue weighted by Gasteiger charge is 2.00. The summed E-state index contributed by atoms with van der Waals surface area (Å²) < 4.78 is 0. The maximum atomic E-state index is 5.77. The SMILES string of the molecule is CCc1ccc(-c2ccc(C(N)=NC)cc2)cc1. The summed E-state index contributed by atoms with van der Waals surface area (Å²) in [4.78, 5) is 3.98. The molecule has 0 unspecified atom stereocenters. The summed E-state index contributed by atoms with van der Waals surface area (Å²) in [5.74, 6) is 0.572. The minimum Gasteiger partial charge on any atom is -0.384 e. The van der Waals surface area contributed by atoms with Crippen molar-refractivity contribution >= 4 is 5.84 Å². The van der Waals surface area contributed by atoms with Crippen LogP contribution in [0.3, 0.4) is 0 Å². The zero-order valence-corrected chi connectivity index (χ0v) is 10.9. The molecule has 2 heteroatoms. The van der Waals surface area contributed by atoms with Gasteiger partial charge in [-0.05, 0) is 23.1 Å². The molecule has 0 spiro atoms. The van der Waals surface area contributed by atoms with Gasteiger partial charge in [-0.1, -0.05) is 55.5 Å². The molecule has 0 amide bonds. The zero-order chi connectivity index (χ0) is 13.0. The lowest BCUT2D eigenvalue weighted by molar-refractivity contribution is 1.14. The Morgan fingerprint density at radius 1 is 0.944 bits per heavy atom. The lowest BCUT2D eigenvalue weighted by atomic mass is 10.0. The Bertz CT molecular complexity index is 536. The van der Waals surface area contributed by atoms with E-state index in [1.165, 1.54) is 16.7 Å². The lowest BCUT2D eigenvalue weighted by Crippen LogP contribution is -2.12. The first-order chi connectivity index (χ1) is 8.74. The molecule has 0 heterocycles. The molecular weight excluding hydrogens is 220 g/mol. The Balaban J connectivity index is 2.28. The van der Waals surface area contributed by atoms with E-state index in [1.807, 2.05) is 12.1 Å². The van der Waals surface area contributed by atoms with Crippen LogP contribution in [0.1, 0.15) is 18.1 Å². The first kappa shape index (κ1) is 12.4. The summed E-state index contributed by atoms with van der Waals surface area (Å²) in [6.07, 6.45) is 1.07. The number of amidine groups is 1. The highest BCUT2D eigenvalue weighted by Crippen LogP contribution is 2.20. The monoisotopic (exact) mass is 238 g/mol. The second-order valence-corrected chi connectivity index (χ2v) is 4.24. The fourth-order valence-corrected chi connectivity index (χ4v) is 1.90. The van der Waals surface area contributed by atoms with Crippen molar-refractivity contribution in [2.24, 2.45) is 10.7 Å². The largest absolute Gasteiger partial charge is 0.384 e. The fraction of sp³-hybridized carbons (Fsp3) is 0.188. The number of hydrogen-bond acceptors (Lipinski definition) is 1. The third kappa shape index (κ3) is 2.59. The van der Waals surface area contributed by atoms with Gasteiger partial charge in [-0.25, -0.2) is 0 Å². The quantitative estimate of drug-likeness (QED) is 0.647. The summed E-state index contributed by atoms with van der Waals surface area (Å²) in [6.45, 7) is 2.16. The van der Waals surface area contributed by atoms with E-state index in [9.17, 15) is 0 Å². The van der Waals surface area contributed by atoms with Crippen LogP contribution in [0.5, 0.6) is 0 Å². The molecule has 0 radical (unpaired) electrons. The smallest absolute Gasteiger partial charge is 0.125 e. The van der Waals surface area contributed by atoms with Gasteiger partial charge in [-0.3, -0.25) is 4.99 Å². The maximum absolute atomic E-state index is 5.77. The van der Waals surface area contributed by atoms with Crippen LogP contribution >= 0.6 is 0 Å². The summed E-state index contributed by atoms with van der Waals surface area (Å²) in [6, 6.07) is 16.8. The van der Waals surface area contributed by atoms with Crippen molar-refractivity contribution in [2.75, 3.05) is 7.05 Å². The predicted octanol–water partition coefficient (Wildman–Crippen LogP) is 3.25. The average Bonchev–Trinajstić information content (AvgIpc) is 2.47. The summed E-state index contributed by atoms with van der Waals surface area (Å²) in [7, 11) is 1.70. The molecule has 0 aliphatic heterocycles. The van der Waals surface area contributed by atoms with Crippen molar-refractivity contribution < 1.29 is 0 Å². The molecule has 18 heavy (non-hydrogen) atoms. The first-order valence-electron chi connectivity index (χ1n) is 6.16. The van der Waals surface area contributed by atoms with Crippen LogP contribution in [0.15, 0.2) is 53.5 Å². The molecule has 2 aromatic rings. The van der Waals surface area contributed by atoms with Crippen LogP contribution in [0.4, 0.5) is 0 Å². The van der Waals surface area contributed by atoms with Crippen molar-refractivity contribution in [3.8, 4) is 11.1 Å². The zero-order valence-electron chi connectivity index (χ0n) is 10.9. The standard InChI is InChI=1S/C16H18N2/c1-3-12-4-6-13(7-5-12)14-8-10-15(11-9-14)16(17)18-2/h4-11H,3H2,1-2H3,(H2,17,18). The van der Waals surface area contributed by atoms with Gasteiger partial charge in [0.25, 0.3) is 0 Å². The summed E-state index contributed by atoms with van der Waals surface area (Å²) in [5.41, 5.74) is 10.5. The molecule has 0 bridgehead atoms. The molecular formula is C16H18N2. The normalized spacial score (nSPS) is 11.6. The van der Waals surface area contributed by atoms with Crippen LogP contribution in [0.2, 0.25) is 0 Å². The fourth-order valence-electron chi connectivity index (χ4n) is 1.90. The molecule has 2 aromatic carbocycles. The van der Waals surface area contributed by atoms with E-state index in [-0.39, 0.29) is 0 Å². The molecule has 0 fully saturated rings. The van der Waals surface area contributed by atoms with Crippen LogP contribution in [-0.4, -0.2) is 12.9 Å². The van der Waals surface area contributed by atoms with Crippen LogP contribution in [0, 0.1) is 0 Å². The molecule has 2 N–H and O–H groups in total. The van der Waals surface area contributed by atoms with E-state index in [0.717, 1.165) is 12.0 Å². The molecule has 2 rings (SSSR count). The Morgan fingerprint density at radius 2 is 1.44 bits per heavy atom. The highest BCUT2D eigenvalue weighted by molar-refractivity contribution is 5.97. The van der Waals surface area contributed by atoms with Gasteiger partial charge in [0.05, 0.1) is 0 Å². The third-order valence-electron chi connectivity index (χ3n) is 3.12. The number of hydrogen-bond donors (Lipinski definition) is 1. The molecule has 0 aliphatic carbocycles. The number of benzene rings is 2. The van der Waals surface area contributed by atoms with Gasteiger partial charge in [0, 0.05) is 12.6 Å². The number of aliphatic imine (C=N–C) groups is 1. The van der Waals surface area contributed by atoms with Gasteiger partial charge >= 0.3 is 0 Å². The highest BCUT2D eigenvalue weighted by atomic mass is 14.8. The maximum Gasteiger partial charge on any atom is 0.125 e. The van der Waals surface area contributed by atoms with Crippen molar-refractivity contribution in [3.63, 3.8) is 0 Å². The van der Waals surface area contributed by atoms with E-state index in [2.05, 4.69) is 48.3 Å². The number of nitrogens with zero attached hydrogens (tertiary/aromatic N) is 1. The Kier molecular flexibility index (Phi) is 3.78. The molecule has 92 valence electrons. The topological polar surface area (TPSA) is 38.4 Å². The molecule has 0 saturated heterocycles. The molecule has 2 nitrogen and oxygen atoms in total. The van der Waals surface area contributed by atoms with Crippen molar-refractivity contribution in [1.82, 2.24) is 0 Å². The number of aryl methyl sites for hydroxylation is 1. The molecule has 0 saturated carbocycles. The minimum absolute atomic E-state index is 0.572. The van der Waals surface area contributed by atoms with E-state index in [4.69, 9.17) is 5.73 Å². The van der Waals surface area contributed by atoms with Crippen molar-refractivity contribution in [1.29, 1.82) is 0 Å².